The molecule has 0 spiro atoms. The number of imide groups is 1. The predicted octanol–water partition coefficient (Wildman–Crippen LogP) is 2.59. The molecular formula is C23H23N3O5. The van der Waals surface area contributed by atoms with Crippen LogP contribution in [0.15, 0.2) is 48.5 Å². The SMILES string of the molecule is COc1cccc(C(=O)N(C2CC2)C2CC(=O)N(c3ccc(NC(C)=O)cc3)C2=O)c1. The van der Waals surface area contributed by atoms with Crippen LogP contribution in [0.1, 0.15) is 36.5 Å². The van der Waals surface area contributed by atoms with Crippen molar-refractivity contribution in [2.75, 3.05) is 17.3 Å². The van der Waals surface area contributed by atoms with Crippen LogP contribution < -0.4 is 15.0 Å². The second kappa shape index (κ2) is 8.22. The first-order chi connectivity index (χ1) is 14.9. The number of nitrogens with one attached hydrogen (secondary N) is 1. The normalized spacial score (nSPS) is 18.1. The van der Waals surface area contributed by atoms with Gasteiger partial charge in [-0.2, -0.15) is 0 Å². The summed E-state index contributed by atoms with van der Waals surface area (Å²) in [4.78, 5) is 53.1. The molecule has 31 heavy (non-hydrogen) atoms. The molecule has 8 heteroatoms. The Morgan fingerprint density at radius 3 is 2.42 bits per heavy atom. The van der Waals surface area contributed by atoms with E-state index in [0.29, 0.717) is 22.7 Å². The molecule has 1 aliphatic heterocycles. The van der Waals surface area contributed by atoms with Crippen molar-refractivity contribution in [3.05, 3.63) is 54.1 Å². The summed E-state index contributed by atoms with van der Waals surface area (Å²) < 4.78 is 5.21. The Labute approximate surface area is 179 Å². The molecule has 2 aliphatic rings. The minimum absolute atomic E-state index is 0.0532. The minimum Gasteiger partial charge on any atom is -0.497 e. The number of carbonyl (C=O) groups is 4. The number of ether oxygens (including phenoxy) is 1. The van der Waals surface area contributed by atoms with Crippen LogP contribution >= 0.6 is 0 Å². The van der Waals surface area contributed by atoms with Crippen LogP contribution in [-0.2, 0) is 14.4 Å². The maximum absolute atomic E-state index is 13.3. The molecule has 1 atom stereocenters. The molecule has 4 amide bonds. The van der Waals surface area contributed by atoms with Crippen LogP contribution in [0.25, 0.3) is 0 Å². The van der Waals surface area contributed by atoms with Crippen LogP contribution in [-0.4, -0.2) is 47.7 Å². The minimum atomic E-state index is -0.839. The second-order valence-electron chi connectivity index (χ2n) is 7.69. The van der Waals surface area contributed by atoms with Gasteiger partial charge < -0.3 is 15.0 Å². The Kier molecular flexibility index (Phi) is 5.46. The molecule has 0 bridgehead atoms. The Morgan fingerprint density at radius 1 is 1.10 bits per heavy atom. The Balaban J connectivity index is 1.58. The standard InChI is InChI=1S/C23H23N3O5/c1-14(27)24-16-6-8-18(9-7-16)26-21(28)13-20(23(26)30)25(17-10-11-17)22(29)15-4-3-5-19(12-15)31-2/h3-9,12,17,20H,10-11,13H2,1-2H3,(H,24,27). The summed E-state index contributed by atoms with van der Waals surface area (Å²) in [5.41, 5.74) is 1.40. The molecular weight excluding hydrogens is 398 g/mol. The number of methoxy groups -OCH3 is 1. The molecule has 1 aliphatic carbocycles. The first kappa shape index (κ1) is 20.6. The lowest BCUT2D eigenvalue weighted by Crippen LogP contribution is -2.46. The maximum Gasteiger partial charge on any atom is 0.257 e. The number of carbonyl (C=O) groups excluding carboxylic acids is 4. The fraction of sp³-hybridized carbons (Fsp3) is 0.304. The summed E-state index contributed by atoms with van der Waals surface area (Å²) in [5, 5.41) is 2.65. The lowest BCUT2D eigenvalue weighted by Gasteiger charge is -2.28. The highest BCUT2D eigenvalue weighted by atomic mass is 16.5. The van der Waals surface area contributed by atoms with Gasteiger partial charge in [-0.1, -0.05) is 6.07 Å². The van der Waals surface area contributed by atoms with Gasteiger partial charge >= 0.3 is 0 Å². The van der Waals surface area contributed by atoms with Gasteiger partial charge in [-0.15, -0.1) is 0 Å². The van der Waals surface area contributed by atoms with E-state index in [4.69, 9.17) is 4.74 Å². The molecule has 1 unspecified atom stereocenters. The summed E-state index contributed by atoms with van der Waals surface area (Å²) in [7, 11) is 1.52. The average molecular weight is 421 g/mol. The third-order valence-electron chi connectivity index (χ3n) is 5.40. The fourth-order valence-corrected chi connectivity index (χ4v) is 3.82. The number of nitrogens with zero attached hydrogens (tertiary/aromatic N) is 2. The summed E-state index contributed by atoms with van der Waals surface area (Å²) in [6.07, 6.45) is 1.55. The lowest BCUT2D eigenvalue weighted by molar-refractivity contribution is -0.122. The predicted molar refractivity (Wildman–Crippen MR) is 114 cm³/mol. The molecule has 2 fully saturated rings. The van der Waals surface area contributed by atoms with E-state index in [-0.39, 0.29) is 30.2 Å². The van der Waals surface area contributed by atoms with E-state index < -0.39 is 11.9 Å². The van der Waals surface area contributed by atoms with Crippen LogP contribution in [0.4, 0.5) is 11.4 Å². The lowest BCUT2D eigenvalue weighted by atomic mass is 10.1. The fourth-order valence-electron chi connectivity index (χ4n) is 3.82. The van der Waals surface area contributed by atoms with Gasteiger partial charge in [0.2, 0.25) is 11.8 Å². The Morgan fingerprint density at radius 2 is 1.81 bits per heavy atom. The van der Waals surface area contributed by atoms with Gasteiger partial charge in [-0.05, 0) is 55.3 Å². The molecule has 8 nitrogen and oxygen atoms in total. The van der Waals surface area contributed by atoms with Gasteiger partial charge in [-0.3, -0.25) is 19.2 Å². The molecule has 0 aromatic heterocycles. The highest BCUT2D eigenvalue weighted by molar-refractivity contribution is 6.23. The van der Waals surface area contributed by atoms with E-state index in [1.165, 1.54) is 14.0 Å². The number of rotatable bonds is 6. The van der Waals surface area contributed by atoms with Crippen molar-refractivity contribution in [2.45, 2.75) is 38.3 Å². The van der Waals surface area contributed by atoms with Crippen molar-refractivity contribution in [1.82, 2.24) is 4.90 Å². The summed E-state index contributed by atoms with van der Waals surface area (Å²) in [5.74, 6) is -0.712. The first-order valence-corrected chi connectivity index (χ1v) is 10.1. The van der Waals surface area contributed by atoms with Gasteiger partial charge in [0, 0.05) is 24.2 Å². The molecule has 2 aromatic carbocycles. The highest BCUT2D eigenvalue weighted by Gasteiger charge is 2.48. The quantitative estimate of drug-likeness (QED) is 0.724. The summed E-state index contributed by atoms with van der Waals surface area (Å²) >= 11 is 0. The number of anilines is 2. The largest absolute Gasteiger partial charge is 0.497 e. The van der Waals surface area contributed by atoms with Crippen LogP contribution in [0, 0.1) is 0 Å². The second-order valence-corrected chi connectivity index (χ2v) is 7.69. The number of amides is 4. The number of hydrogen-bond acceptors (Lipinski definition) is 5. The zero-order chi connectivity index (χ0) is 22.1. The molecule has 1 saturated heterocycles. The number of hydrogen-bond donors (Lipinski definition) is 1. The molecule has 4 rings (SSSR count). The number of benzene rings is 2. The van der Waals surface area contributed by atoms with Gasteiger partial charge in [0.25, 0.3) is 11.8 Å². The smallest absolute Gasteiger partial charge is 0.257 e. The molecule has 0 radical (unpaired) electrons. The summed E-state index contributed by atoms with van der Waals surface area (Å²) in [6, 6.07) is 12.4. The van der Waals surface area contributed by atoms with E-state index in [1.54, 1.807) is 53.4 Å². The van der Waals surface area contributed by atoms with Gasteiger partial charge in [-0.25, -0.2) is 4.90 Å². The third-order valence-corrected chi connectivity index (χ3v) is 5.40. The average Bonchev–Trinajstić information content (AvgIpc) is 3.54. The molecule has 1 heterocycles. The van der Waals surface area contributed by atoms with Gasteiger partial charge in [0.1, 0.15) is 11.8 Å². The van der Waals surface area contributed by atoms with Crippen molar-refractivity contribution in [1.29, 1.82) is 0 Å². The van der Waals surface area contributed by atoms with Crippen molar-refractivity contribution in [3.63, 3.8) is 0 Å². The van der Waals surface area contributed by atoms with Gasteiger partial charge in [0.05, 0.1) is 19.2 Å². The maximum atomic E-state index is 13.3. The Bertz CT molecular complexity index is 1050. The van der Waals surface area contributed by atoms with E-state index in [9.17, 15) is 19.2 Å². The van der Waals surface area contributed by atoms with Gasteiger partial charge in [0.15, 0.2) is 0 Å². The van der Waals surface area contributed by atoms with Crippen LogP contribution in [0.3, 0.4) is 0 Å². The van der Waals surface area contributed by atoms with Crippen LogP contribution in [0.2, 0.25) is 0 Å². The van der Waals surface area contributed by atoms with Crippen molar-refractivity contribution >= 4 is 35.0 Å². The summed E-state index contributed by atoms with van der Waals surface area (Å²) in [6.45, 7) is 1.40. The van der Waals surface area contributed by atoms with Crippen LogP contribution in [0.5, 0.6) is 5.75 Å². The van der Waals surface area contributed by atoms with E-state index in [1.807, 2.05) is 0 Å². The zero-order valence-corrected chi connectivity index (χ0v) is 17.3. The zero-order valence-electron chi connectivity index (χ0n) is 17.3. The van der Waals surface area contributed by atoms with Crippen molar-refractivity contribution < 1.29 is 23.9 Å². The monoisotopic (exact) mass is 421 g/mol. The third kappa shape index (κ3) is 4.14. The molecule has 2 aromatic rings. The Hall–Kier alpha value is -3.68. The van der Waals surface area contributed by atoms with E-state index in [0.717, 1.165) is 17.7 Å². The van der Waals surface area contributed by atoms with E-state index in [2.05, 4.69) is 5.32 Å². The topological polar surface area (TPSA) is 96.0 Å². The van der Waals surface area contributed by atoms with Crippen molar-refractivity contribution in [2.24, 2.45) is 0 Å². The van der Waals surface area contributed by atoms with Crippen molar-refractivity contribution in [3.8, 4) is 5.75 Å². The molecule has 160 valence electrons. The first-order valence-electron chi connectivity index (χ1n) is 10.1. The highest BCUT2D eigenvalue weighted by Crippen LogP contribution is 2.35. The molecule has 1 saturated carbocycles. The van der Waals surface area contributed by atoms with E-state index >= 15 is 0 Å². The molecule has 1 N–H and O–H groups in total.